The van der Waals surface area contributed by atoms with Gasteiger partial charge in [-0.15, -0.1) is 0 Å². The lowest BCUT2D eigenvalue weighted by molar-refractivity contribution is 0.0963. The molecule has 0 aliphatic heterocycles. The van der Waals surface area contributed by atoms with E-state index in [-0.39, 0.29) is 5.91 Å². The van der Waals surface area contributed by atoms with E-state index in [0.717, 1.165) is 6.54 Å². The minimum atomic E-state index is -0.0324. The minimum Gasteiger partial charge on any atom is -0.355 e. The van der Waals surface area contributed by atoms with Gasteiger partial charge >= 0.3 is 0 Å². The second-order valence-electron chi connectivity index (χ2n) is 5.76. The molecule has 0 saturated carbocycles. The normalized spacial score (nSPS) is 12.1. The van der Waals surface area contributed by atoms with Gasteiger partial charge in [0.05, 0.1) is 0 Å². The molecule has 1 rings (SSSR count). The Hall–Kier alpha value is -1.35. The summed E-state index contributed by atoms with van der Waals surface area (Å²) >= 11 is 0. The zero-order valence-electron chi connectivity index (χ0n) is 13.7. The standard InChI is InChI=1S/C18H30N2O/c1-4-5-6-7-8-9-15(2)20-14-16-10-12-17(13-11-16)18(21)19-3/h10-13,15,20H,4-9,14H2,1-3H3,(H,19,21). The minimum absolute atomic E-state index is 0.0324. The summed E-state index contributed by atoms with van der Waals surface area (Å²) in [5.74, 6) is -0.0324. The Morgan fingerprint density at radius 1 is 1.10 bits per heavy atom. The van der Waals surface area contributed by atoms with Gasteiger partial charge in [-0.2, -0.15) is 0 Å². The second-order valence-corrected chi connectivity index (χ2v) is 5.76. The molecule has 0 aliphatic carbocycles. The molecule has 1 unspecified atom stereocenters. The second kappa shape index (κ2) is 10.4. The fourth-order valence-electron chi connectivity index (χ4n) is 2.37. The summed E-state index contributed by atoms with van der Waals surface area (Å²) in [5.41, 5.74) is 1.94. The molecule has 0 spiro atoms. The van der Waals surface area contributed by atoms with Crippen molar-refractivity contribution in [1.29, 1.82) is 0 Å². The van der Waals surface area contributed by atoms with Crippen LogP contribution in [0.2, 0.25) is 0 Å². The Morgan fingerprint density at radius 3 is 2.38 bits per heavy atom. The van der Waals surface area contributed by atoms with Crippen molar-refractivity contribution in [3.63, 3.8) is 0 Å². The van der Waals surface area contributed by atoms with Crippen LogP contribution < -0.4 is 10.6 Å². The first-order chi connectivity index (χ1) is 10.2. The molecular formula is C18H30N2O. The summed E-state index contributed by atoms with van der Waals surface area (Å²) in [4.78, 5) is 11.5. The van der Waals surface area contributed by atoms with Crippen LogP contribution in [0.1, 0.15) is 68.3 Å². The lowest BCUT2D eigenvalue weighted by Crippen LogP contribution is -2.25. The Labute approximate surface area is 129 Å². The third kappa shape index (κ3) is 7.28. The van der Waals surface area contributed by atoms with Crippen LogP contribution in [-0.2, 0) is 6.54 Å². The molecule has 0 aliphatic rings. The van der Waals surface area contributed by atoms with Gasteiger partial charge in [-0.05, 0) is 31.0 Å². The van der Waals surface area contributed by atoms with Gasteiger partial charge in [0, 0.05) is 25.2 Å². The molecule has 2 N–H and O–H groups in total. The molecular weight excluding hydrogens is 260 g/mol. The van der Waals surface area contributed by atoms with E-state index in [2.05, 4.69) is 24.5 Å². The van der Waals surface area contributed by atoms with Crippen LogP contribution in [0.15, 0.2) is 24.3 Å². The Kier molecular flexibility index (Phi) is 8.76. The topological polar surface area (TPSA) is 41.1 Å². The van der Waals surface area contributed by atoms with Gasteiger partial charge in [-0.3, -0.25) is 4.79 Å². The average Bonchev–Trinajstić information content (AvgIpc) is 2.52. The van der Waals surface area contributed by atoms with E-state index in [1.165, 1.54) is 44.1 Å². The van der Waals surface area contributed by atoms with Crippen molar-refractivity contribution in [1.82, 2.24) is 10.6 Å². The van der Waals surface area contributed by atoms with Gasteiger partial charge in [0.2, 0.25) is 0 Å². The number of hydrogen-bond acceptors (Lipinski definition) is 2. The molecule has 1 aromatic rings. The van der Waals surface area contributed by atoms with Gasteiger partial charge in [0.1, 0.15) is 0 Å². The number of benzene rings is 1. The van der Waals surface area contributed by atoms with Crippen molar-refractivity contribution in [2.75, 3.05) is 7.05 Å². The first-order valence-corrected chi connectivity index (χ1v) is 8.21. The van der Waals surface area contributed by atoms with Crippen molar-refractivity contribution in [3.05, 3.63) is 35.4 Å². The molecule has 1 aromatic carbocycles. The van der Waals surface area contributed by atoms with Gasteiger partial charge in [0.25, 0.3) is 5.91 Å². The summed E-state index contributed by atoms with van der Waals surface area (Å²) in [5, 5.41) is 6.19. The molecule has 1 amide bonds. The van der Waals surface area contributed by atoms with Crippen molar-refractivity contribution in [2.45, 2.75) is 65.0 Å². The largest absolute Gasteiger partial charge is 0.355 e. The van der Waals surface area contributed by atoms with Crippen molar-refractivity contribution in [2.24, 2.45) is 0 Å². The molecule has 3 heteroatoms. The Bertz CT molecular complexity index is 400. The summed E-state index contributed by atoms with van der Waals surface area (Å²) < 4.78 is 0. The van der Waals surface area contributed by atoms with Crippen LogP contribution >= 0.6 is 0 Å². The summed E-state index contributed by atoms with van der Waals surface area (Å²) in [6, 6.07) is 8.35. The molecule has 3 nitrogen and oxygen atoms in total. The van der Waals surface area contributed by atoms with Crippen LogP contribution in [0.3, 0.4) is 0 Å². The van der Waals surface area contributed by atoms with Gasteiger partial charge < -0.3 is 10.6 Å². The van der Waals surface area contributed by atoms with Gasteiger partial charge in [-0.25, -0.2) is 0 Å². The monoisotopic (exact) mass is 290 g/mol. The third-order valence-corrected chi connectivity index (χ3v) is 3.84. The van der Waals surface area contributed by atoms with Gasteiger partial charge in [0.15, 0.2) is 0 Å². The Morgan fingerprint density at radius 2 is 1.76 bits per heavy atom. The lowest BCUT2D eigenvalue weighted by Gasteiger charge is -2.14. The first kappa shape index (κ1) is 17.7. The number of rotatable bonds is 10. The number of carbonyl (C=O) groups excluding carboxylic acids is 1. The van der Waals surface area contributed by atoms with Crippen LogP contribution in [0.4, 0.5) is 0 Å². The molecule has 0 aromatic heterocycles. The maximum atomic E-state index is 11.5. The molecule has 21 heavy (non-hydrogen) atoms. The van der Waals surface area contributed by atoms with E-state index < -0.39 is 0 Å². The van der Waals surface area contributed by atoms with Crippen LogP contribution in [-0.4, -0.2) is 19.0 Å². The number of unbranched alkanes of at least 4 members (excludes halogenated alkanes) is 4. The third-order valence-electron chi connectivity index (χ3n) is 3.84. The van der Waals surface area contributed by atoms with Crippen LogP contribution in [0.25, 0.3) is 0 Å². The number of carbonyl (C=O) groups is 1. The number of nitrogens with one attached hydrogen (secondary N) is 2. The first-order valence-electron chi connectivity index (χ1n) is 8.21. The molecule has 0 bridgehead atoms. The predicted molar refractivity (Wildman–Crippen MR) is 89.5 cm³/mol. The zero-order chi connectivity index (χ0) is 15.5. The number of amides is 1. The highest BCUT2D eigenvalue weighted by Crippen LogP contribution is 2.08. The molecule has 0 fully saturated rings. The molecule has 1 atom stereocenters. The molecule has 118 valence electrons. The predicted octanol–water partition coefficient (Wildman–Crippen LogP) is 3.88. The van der Waals surface area contributed by atoms with Gasteiger partial charge in [-0.1, -0.05) is 51.2 Å². The molecule has 0 heterocycles. The van der Waals surface area contributed by atoms with Crippen molar-refractivity contribution in [3.8, 4) is 0 Å². The lowest BCUT2D eigenvalue weighted by atomic mass is 10.1. The average molecular weight is 290 g/mol. The summed E-state index contributed by atoms with van der Waals surface area (Å²) in [6.45, 7) is 5.36. The SMILES string of the molecule is CCCCCCCC(C)NCc1ccc(C(=O)NC)cc1. The molecule has 0 saturated heterocycles. The van der Waals surface area contributed by atoms with E-state index in [0.29, 0.717) is 11.6 Å². The maximum Gasteiger partial charge on any atom is 0.251 e. The highest BCUT2D eigenvalue weighted by atomic mass is 16.1. The highest BCUT2D eigenvalue weighted by Gasteiger charge is 2.04. The maximum absolute atomic E-state index is 11.5. The fraction of sp³-hybridized carbons (Fsp3) is 0.611. The Balaban J connectivity index is 2.23. The number of hydrogen-bond donors (Lipinski definition) is 2. The summed E-state index contributed by atoms with van der Waals surface area (Å²) in [6.07, 6.45) is 7.92. The van der Waals surface area contributed by atoms with E-state index in [1.54, 1.807) is 7.05 Å². The van der Waals surface area contributed by atoms with E-state index in [9.17, 15) is 4.79 Å². The van der Waals surface area contributed by atoms with E-state index in [4.69, 9.17) is 0 Å². The van der Waals surface area contributed by atoms with E-state index >= 15 is 0 Å². The van der Waals surface area contributed by atoms with Crippen LogP contribution in [0, 0.1) is 0 Å². The smallest absolute Gasteiger partial charge is 0.251 e. The fourth-order valence-corrected chi connectivity index (χ4v) is 2.37. The van der Waals surface area contributed by atoms with E-state index in [1.807, 2.05) is 24.3 Å². The zero-order valence-corrected chi connectivity index (χ0v) is 13.7. The highest BCUT2D eigenvalue weighted by molar-refractivity contribution is 5.93. The molecule has 0 radical (unpaired) electrons. The summed E-state index contributed by atoms with van der Waals surface area (Å²) in [7, 11) is 1.65. The van der Waals surface area contributed by atoms with Crippen LogP contribution in [0.5, 0.6) is 0 Å². The quantitative estimate of drug-likeness (QED) is 0.642. The van der Waals surface area contributed by atoms with Crippen molar-refractivity contribution < 1.29 is 4.79 Å². The van der Waals surface area contributed by atoms with Crippen molar-refractivity contribution >= 4 is 5.91 Å².